The van der Waals surface area contributed by atoms with Gasteiger partial charge in [0.25, 0.3) is 0 Å². The monoisotopic (exact) mass is 260 g/mol. The molecule has 3 heteroatoms. The van der Waals surface area contributed by atoms with Gasteiger partial charge in [-0.05, 0) is 37.3 Å². The normalized spacial score (nSPS) is 32.0. The van der Waals surface area contributed by atoms with Crippen molar-refractivity contribution in [2.45, 2.75) is 44.4 Å². The number of nitrogens with two attached hydrogens (primary N) is 1. The Hall–Kier alpha value is -0.900. The lowest BCUT2D eigenvalue weighted by Gasteiger charge is -2.39. The standard InChI is InChI=1S/C16H24N2O/c1-12-10-14(17)6-8-18(12)11-16-15-5-3-2-4-13(15)7-9-19-16/h2-5,12,14,16H,6-11,17H2,1H3. The van der Waals surface area contributed by atoms with Crippen LogP contribution in [0.15, 0.2) is 24.3 Å². The maximum atomic E-state index is 6.04. The van der Waals surface area contributed by atoms with E-state index in [1.807, 2.05) is 0 Å². The Labute approximate surface area is 115 Å². The van der Waals surface area contributed by atoms with Crippen LogP contribution >= 0.6 is 0 Å². The first-order chi connectivity index (χ1) is 9.24. The first-order valence-electron chi connectivity index (χ1n) is 7.43. The Balaban J connectivity index is 1.71. The van der Waals surface area contributed by atoms with Crippen molar-refractivity contribution in [3.63, 3.8) is 0 Å². The minimum absolute atomic E-state index is 0.238. The third-order valence-corrected chi connectivity index (χ3v) is 4.55. The second-order valence-corrected chi connectivity index (χ2v) is 5.94. The predicted molar refractivity (Wildman–Crippen MR) is 77.1 cm³/mol. The summed E-state index contributed by atoms with van der Waals surface area (Å²) in [4.78, 5) is 2.54. The van der Waals surface area contributed by atoms with Gasteiger partial charge in [0.1, 0.15) is 0 Å². The fraction of sp³-hybridized carbons (Fsp3) is 0.625. The molecule has 0 aliphatic carbocycles. The predicted octanol–water partition coefficient (Wildman–Crippen LogP) is 2.11. The molecular formula is C16H24N2O. The van der Waals surface area contributed by atoms with Crippen LogP contribution in [0.25, 0.3) is 0 Å². The number of piperidine rings is 1. The SMILES string of the molecule is CC1CC(N)CCN1CC1OCCc2ccccc21. The highest BCUT2D eigenvalue weighted by Gasteiger charge is 2.28. The smallest absolute Gasteiger partial charge is 0.0954 e. The van der Waals surface area contributed by atoms with E-state index in [9.17, 15) is 0 Å². The zero-order valence-electron chi connectivity index (χ0n) is 11.7. The van der Waals surface area contributed by atoms with Crippen molar-refractivity contribution >= 4 is 0 Å². The molecule has 0 amide bonds. The van der Waals surface area contributed by atoms with Crippen LogP contribution in [0, 0.1) is 0 Å². The molecule has 2 heterocycles. The van der Waals surface area contributed by atoms with Crippen LogP contribution in [-0.4, -0.2) is 36.7 Å². The summed E-state index contributed by atoms with van der Waals surface area (Å²) >= 11 is 0. The Morgan fingerprint density at radius 3 is 3.05 bits per heavy atom. The molecular weight excluding hydrogens is 236 g/mol. The zero-order valence-corrected chi connectivity index (χ0v) is 11.7. The fourth-order valence-corrected chi connectivity index (χ4v) is 3.37. The first kappa shape index (κ1) is 13.1. The lowest BCUT2D eigenvalue weighted by molar-refractivity contribution is -0.000547. The molecule has 0 saturated carbocycles. The number of rotatable bonds is 2. The average molecular weight is 260 g/mol. The molecule has 1 aromatic rings. The largest absolute Gasteiger partial charge is 0.372 e. The van der Waals surface area contributed by atoms with Crippen LogP contribution < -0.4 is 5.73 Å². The highest BCUT2D eigenvalue weighted by atomic mass is 16.5. The Kier molecular flexibility index (Phi) is 3.87. The van der Waals surface area contributed by atoms with E-state index in [4.69, 9.17) is 10.5 Å². The minimum Gasteiger partial charge on any atom is -0.372 e. The maximum Gasteiger partial charge on any atom is 0.0954 e. The summed E-state index contributed by atoms with van der Waals surface area (Å²) in [5.74, 6) is 0. The van der Waals surface area contributed by atoms with Crippen LogP contribution in [0.1, 0.15) is 37.0 Å². The van der Waals surface area contributed by atoms with Gasteiger partial charge in [0.2, 0.25) is 0 Å². The summed E-state index contributed by atoms with van der Waals surface area (Å²) in [5, 5.41) is 0. The third kappa shape index (κ3) is 2.83. The van der Waals surface area contributed by atoms with Gasteiger partial charge in [-0.2, -0.15) is 0 Å². The van der Waals surface area contributed by atoms with Crippen molar-refractivity contribution in [1.29, 1.82) is 0 Å². The van der Waals surface area contributed by atoms with Gasteiger partial charge in [-0.25, -0.2) is 0 Å². The van der Waals surface area contributed by atoms with E-state index in [1.165, 1.54) is 11.1 Å². The van der Waals surface area contributed by atoms with Crippen molar-refractivity contribution in [3.8, 4) is 0 Å². The quantitative estimate of drug-likeness (QED) is 0.885. The summed E-state index contributed by atoms with van der Waals surface area (Å²) < 4.78 is 6.01. The summed E-state index contributed by atoms with van der Waals surface area (Å²) in [6, 6.07) is 9.66. The van der Waals surface area contributed by atoms with E-state index in [0.29, 0.717) is 12.1 Å². The number of nitrogens with zero attached hydrogens (tertiary/aromatic N) is 1. The average Bonchev–Trinajstić information content (AvgIpc) is 2.42. The third-order valence-electron chi connectivity index (χ3n) is 4.55. The molecule has 0 aromatic heterocycles. The molecule has 0 spiro atoms. The van der Waals surface area contributed by atoms with Gasteiger partial charge in [0.15, 0.2) is 0 Å². The molecule has 3 nitrogen and oxygen atoms in total. The van der Waals surface area contributed by atoms with Crippen molar-refractivity contribution in [3.05, 3.63) is 35.4 Å². The molecule has 3 rings (SSSR count). The van der Waals surface area contributed by atoms with Gasteiger partial charge in [-0.1, -0.05) is 24.3 Å². The Bertz CT molecular complexity index is 435. The zero-order chi connectivity index (χ0) is 13.2. The summed E-state index contributed by atoms with van der Waals surface area (Å²) in [7, 11) is 0. The Morgan fingerprint density at radius 1 is 1.37 bits per heavy atom. The van der Waals surface area contributed by atoms with E-state index in [1.54, 1.807) is 0 Å². The van der Waals surface area contributed by atoms with Crippen LogP contribution in [-0.2, 0) is 11.2 Å². The fourth-order valence-electron chi connectivity index (χ4n) is 3.37. The molecule has 1 aromatic carbocycles. The summed E-state index contributed by atoms with van der Waals surface area (Å²) in [5.41, 5.74) is 8.88. The number of ether oxygens (including phenoxy) is 1. The van der Waals surface area contributed by atoms with Gasteiger partial charge >= 0.3 is 0 Å². The van der Waals surface area contributed by atoms with E-state index >= 15 is 0 Å². The summed E-state index contributed by atoms with van der Waals surface area (Å²) in [6.45, 7) is 5.24. The molecule has 3 unspecified atom stereocenters. The highest BCUT2D eigenvalue weighted by molar-refractivity contribution is 5.31. The van der Waals surface area contributed by atoms with E-state index < -0.39 is 0 Å². The van der Waals surface area contributed by atoms with Gasteiger partial charge in [-0.15, -0.1) is 0 Å². The van der Waals surface area contributed by atoms with Gasteiger partial charge in [-0.3, -0.25) is 4.90 Å². The van der Waals surface area contributed by atoms with Gasteiger partial charge in [0, 0.05) is 25.2 Å². The van der Waals surface area contributed by atoms with Crippen LogP contribution in [0.3, 0.4) is 0 Å². The van der Waals surface area contributed by atoms with Crippen LogP contribution in [0.4, 0.5) is 0 Å². The van der Waals surface area contributed by atoms with Crippen molar-refractivity contribution in [2.75, 3.05) is 19.7 Å². The van der Waals surface area contributed by atoms with Crippen LogP contribution in [0.5, 0.6) is 0 Å². The minimum atomic E-state index is 0.238. The van der Waals surface area contributed by atoms with Gasteiger partial charge < -0.3 is 10.5 Å². The molecule has 1 fully saturated rings. The molecule has 1 saturated heterocycles. The maximum absolute atomic E-state index is 6.04. The molecule has 2 aliphatic heterocycles. The molecule has 3 atom stereocenters. The lowest BCUT2D eigenvalue weighted by atomic mass is 9.94. The topological polar surface area (TPSA) is 38.5 Å². The van der Waals surface area contributed by atoms with Gasteiger partial charge in [0.05, 0.1) is 12.7 Å². The van der Waals surface area contributed by atoms with Crippen LogP contribution in [0.2, 0.25) is 0 Å². The molecule has 0 radical (unpaired) electrons. The van der Waals surface area contributed by atoms with E-state index in [-0.39, 0.29) is 6.10 Å². The molecule has 2 aliphatic rings. The lowest BCUT2D eigenvalue weighted by Crippen LogP contribution is -2.47. The number of fused-ring (bicyclic) bond motifs is 1. The van der Waals surface area contributed by atoms with Crippen molar-refractivity contribution < 1.29 is 4.74 Å². The molecule has 104 valence electrons. The number of benzene rings is 1. The molecule has 0 bridgehead atoms. The van der Waals surface area contributed by atoms with Crippen molar-refractivity contribution in [1.82, 2.24) is 4.90 Å². The second-order valence-electron chi connectivity index (χ2n) is 5.94. The number of likely N-dealkylation sites (tertiary alicyclic amines) is 1. The molecule has 2 N–H and O–H groups in total. The summed E-state index contributed by atoms with van der Waals surface area (Å²) in [6.07, 6.45) is 3.50. The Morgan fingerprint density at radius 2 is 2.21 bits per heavy atom. The molecule has 19 heavy (non-hydrogen) atoms. The second kappa shape index (κ2) is 5.61. The number of hydrogen-bond donors (Lipinski definition) is 1. The highest BCUT2D eigenvalue weighted by Crippen LogP contribution is 2.29. The van der Waals surface area contributed by atoms with E-state index in [0.717, 1.165) is 39.0 Å². The van der Waals surface area contributed by atoms with E-state index in [2.05, 4.69) is 36.1 Å². The number of hydrogen-bond acceptors (Lipinski definition) is 3. The van der Waals surface area contributed by atoms with Crippen molar-refractivity contribution in [2.24, 2.45) is 5.73 Å². The first-order valence-corrected chi connectivity index (χ1v) is 7.43.